The van der Waals surface area contributed by atoms with Crippen molar-refractivity contribution in [2.75, 3.05) is 13.1 Å². The van der Waals surface area contributed by atoms with Gasteiger partial charge in [-0.3, -0.25) is 14.5 Å². The van der Waals surface area contributed by atoms with E-state index in [0.717, 1.165) is 41.0 Å². The molecule has 3 aliphatic rings. The molecule has 2 aromatic heterocycles. The highest BCUT2D eigenvalue weighted by Gasteiger charge is 2.55. The van der Waals surface area contributed by atoms with Crippen molar-refractivity contribution in [2.45, 2.75) is 50.6 Å². The predicted octanol–water partition coefficient (Wildman–Crippen LogP) is 3.78. The first-order valence-corrected chi connectivity index (χ1v) is 12.3. The molecule has 6 nitrogen and oxygen atoms in total. The van der Waals surface area contributed by atoms with Gasteiger partial charge in [0.15, 0.2) is 0 Å². The normalized spacial score (nSPS) is 28.7. The largest absolute Gasteiger partial charge is 0.329 e. The van der Waals surface area contributed by atoms with Crippen LogP contribution in [0.25, 0.3) is 0 Å². The van der Waals surface area contributed by atoms with Gasteiger partial charge in [-0.15, -0.1) is 22.7 Å². The van der Waals surface area contributed by atoms with E-state index in [9.17, 15) is 14.4 Å². The average molecular weight is 444 g/mol. The van der Waals surface area contributed by atoms with Gasteiger partial charge in [-0.1, -0.05) is 25.8 Å². The van der Waals surface area contributed by atoms with Crippen LogP contribution < -0.4 is 5.32 Å². The Labute approximate surface area is 183 Å². The minimum absolute atomic E-state index is 0.0880. The second-order valence-electron chi connectivity index (χ2n) is 8.49. The summed E-state index contributed by atoms with van der Waals surface area (Å²) >= 11 is 3.36. The fourth-order valence-corrected chi connectivity index (χ4v) is 6.96. The molecule has 5 rings (SSSR count). The summed E-state index contributed by atoms with van der Waals surface area (Å²) in [6.07, 6.45) is 4.38. The SMILES string of the molecule is CC1CCCCC12NC(=O)N(CC(=O)N1CCc3sccc3C1c1cccs1)C2=O. The van der Waals surface area contributed by atoms with Crippen LogP contribution in [0.4, 0.5) is 4.79 Å². The van der Waals surface area contributed by atoms with E-state index >= 15 is 0 Å². The molecule has 2 fully saturated rings. The third-order valence-corrected chi connectivity index (χ3v) is 8.81. The molecular weight excluding hydrogens is 418 g/mol. The molecule has 8 heteroatoms. The van der Waals surface area contributed by atoms with Crippen LogP contribution in [-0.4, -0.2) is 46.3 Å². The van der Waals surface area contributed by atoms with Crippen molar-refractivity contribution in [1.29, 1.82) is 0 Å². The minimum atomic E-state index is -0.828. The van der Waals surface area contributed by atoms with Crippen LogP contribution in [0.2, 0.25) is 0 Å². The number of nitrogens with zero attached hydrogens (tertiary/aromatic N) is 2. The maximum Gasteiger partial charge on any atom is 0.325 e. The summed E-state index contributed by atoms with van der Waals surface area (Å²) in [5.74, 6) is -0.312. The Morgan fingerprint density at radius 3 is 2.87 bits per heavy atom. The fraction of sp³-hybridized carbons (Fsp3) is 0.500. The Bertz CT molecular complexity index is 986. The summed E-state index contributed by atoms with van der Waals surface area (Å²) in [6, 6.07) is 5.57. The van der Waals surface area contributed by atoms with Gasteiger partial charge in [-0.2, -0.15) is 0 Å². The minimum Gasteiger partial charge on any atom is -0.329 e. The standard InChI is InChI=1S/C22H25N3O3S2/c1-14-5-2-3-9-22(14)20(27)25(21(28)23-22)13-18(26)24-10-7-16-15(8-12-30-16)19(24)17-6-4-11-29-17/h4,6,8,11-12,14,19H,2-3,5,7,9-10,13H2,1H3,(H,23,28). The van der Waals surface area contributed by atoms with Crippen molar-refractivity contribution < 1.29 is 14.4 Å². The number of nitrogens with one attached hydrogen (secondary N) is 1. The predicted molar refractivity (Wildman–Crippen MR) is 117 cm³/mol. The van der Waals surface area contributed by atoms with Crippen molar-refractivity contribution in [3.8, 4) is 0 Å². The van der Waals surface area contributed by atoms with Gasteiger partial charge in [-0.25, -0.2) is 4.79 Å². The highest BCUT2D eigenvalue weighted by molar-refractivity contribution is 7.10. The van der Waals surface area contributed by atoms with Gasteiger partial charge in [-0.05, 0) is 53.6 Å². The number of imide groups is 1. The van der Waals surface area contributed by atoms with Gasteiger partial charge in [0.25, 0.3) is 5.91 Å². The second kappa shape index (κ2) is 7.50. The van der Waals surface area contributed by atoms with Crippen LogP contribution in [0, 0.1) is 5.92 Å². The summed E-state index contributed by atoms with van der Waals surface area (Å²) in [7, 11) is 0. The Hall–Kier alpha value is -2.19. The quantitative estimate of drug-likeness (QED) is 0.734. The molecule has 1 aliphatic carbocycles. The number of rotatable bonds is 3. The van der Waals surface area contributed by atoms with Gasteiger partial charge >= 0.3 is 6.03 Å². The molecule has 4 heterocycles. The number of carbonyl (C=O) groups excluding carboxylic acids is 3. The van der Waals surface area contributed by atoms with E-state index in [1.54, 1.807) is 22.7 Å². The van der Waals surface area contributed by atoms with Crippen molar-refractivity contribution in [1.82, 2.24) is 15.1 Å². The first kappa shape index (κ1) is 19.8. The smallest absolute Gasteiger partial charge is 0.325 e. The molecule has 1 spiro atoms. The third-order valence-electron chi connectivity index (χ3n) is 6.89. The summed E-state index contributed by atoms with van der Waals surface area (Å²) in [5, 5.41) is 7.04. The monoisotopic (exact) mass is 443 g/mol. The molecule has 0 radical (unpaired) electrons. The third kappa shape index (κ3) is 3.00. The van der Waals surface area contributed by atoms with E-state index < -0.39 is 11.6 Å². The topological polar surface area (TPSA) is 69.7 Å². The van der Waals surface area contributed by atoms with Gasteiger partial charge < -0.3 is 10.2 Å². The summed E-state index contributed by atoms with van der Waals surface area (Å²) < 4.78 is 0. The molecule has 3 atom stereocenters. The van der Waals surface area contributed by atoms with E-state index in [0.29, 0.717) is 13.0 Å². The van der Waals surface area contributed by atoms with E-state index in [1.807, 2.05) is 23.3 Å². The van der Waals surface area contributed by atoms with E-state index in [2.05, 4.69) is 22.8 Å². The molecule has 2 aliphatic heterocycles. The lowest BCUT2D eigenvalue weighted by atomic mass is 9.73. The lowest BCUT2D eigenvalue weighted by Crippen LogP contribution is -2.54. The average Bonchev–Trinajstić information content (AvgIpc) is 3.47. The zero-order chi connectivity index (χ0) is 20.9. The van der Waals surface area contributed by atoms with E-state index in [-0.39, 0.29) is 30.3 Å². The van der Waals surface area contributed by atoms with Crippen molar-refractivity contribution >= 4 is 40.5 Å². The first-order valence-electron chi connectivity index (χ1n) is 10.5. The molecule has 2 aromatic rings. The zero-order valence-corrected chi connectivity index (χ0v) is 18.6. The fourth-order valence-electron chi connectivity index (χ4n) is 5.20. The van der Waals surface area contributed by atoms with Crippen LogP contribution >= 0.6 is 22.7 Å². The summed E-state index contributed by atoms with van der Waals surface area (Å²) in [6.45, 7) is 2.43. The molecule has 1 saturated heterocycles. The maximum atomic E-state index is 13.4. The first-order chi connectivity index (χ1) is 14.5. The molecule has 30 heavy (non-hydrogen) atoms. The van der Waals surface area contributed by atoms with Crippen LogP contribution in [0.15, 0.2) is 29.0 Å². The molecule has 1 N–H and O–H groups in total. The Morgan fingerprint density at radius 2 is 2.10 bits per heavy atom. The van der Waals surface area contributed by atoms with Crippen LogP contribution in [0.3, 0.4) is 0 Å². The maximum absolute atomic E-state index is 13.4. The molecule has 158 valence electrons. The zero-order valence-electron chi connectivity index (χ0n) is 16.9. The molecule has 1 saturated carbocycles. The summed E-state index contributed by atoms with van der Waals surface area (Å²) in [5.41, 5.74) is 0.335. The van der Waals surface area contributed by atoms with Crippen molar-refractivity contribution in [2.24, 2.45) is 5.92 Å². The molecule has 4 amide bonds. The van der Waals surface area contributed by atoms with Gasteiger partial charge in [0, 0.05) is 16.3 Å². The Balaban J connectivity index is 1.40. The lowest BCUT2D eigenvalue weighted by Gasteiger charge is -2.37. The van der Waals surface area contributed by atoms with Crippen LogP contribution in [-0.2, 0) is 16.0 Å². The molecule has 0 aromatic carbocycles. The van der Waals surface area contributed by atoms with Crippen LogP contribution in [0.5, 0.6) is 0 Å². The van der Waals surface area contributed by atoms with E-state index in [4.69, 9.17) is 0 Å². The van der Waals surface area contributed by atoms with Crippen molar-refractivity contribution in [3.63, 3.8) is 0 Å². The number of urea groups is 1. The highest BCUT2D eigenvalue weighted by atomic mass is 32.1. The number of amides is 4. The molecule has 3 unspecified atom stereocenters. The number of fused-ring (bicyclic) bond motifs is 1. The Kier molecular flexibility index (Phi) is 4.94. The summed E-state index contributed by atoms with van der Waals surface area (Å²) in [4.78, 5) is 44.8. The van der Waals surface area contributed by atoms with Crippen LogP contribution in [0.1, 0.15) is 54.0 Å². The number of hydrogen-bond acceptors (Lipinski definition) is 5. The lowest BCUT2D eigenvalue weighted by molar-refractivity contribution is -0.141. The van der Waals surface area contributed by atoms with Crippen molar-refractivity contribution in [3.05, 3.63) is 44.3 Å². The van der Waals surface area contributed by atoms with Gasteiger partial charge in [0.1, 0.15) is 12.1 Å². The van der Waals surface area contributed by atoms with E-state index in [1.165, 1.54) is 4.88 Å². The van der Waals surface area contributed by atoms with Gasteiger partial charge in [0.2, 0.25) is 5.91 Å². The van der Waals surface area contributed by atoms with Gasteiger partial charge in [0.05, 0.1) is 6.04 Å². The number of carbonyl (C=O) groups is 3. The second-order valence-corrected chi connectivity index (χ2v) is 10.5. The number of thiophene rings is 2. The highest BCUT2D eigenvalue weighted by Crippen LogP contribution is 2.41. The molecule has 0 bridgehead atoms. The number of hydrogen-bond donors (Lipinski definition) is 1. The molecular formula is C22H25N3O3S2. The Morgan fingerprint density at radius 1 is 1.23 bits per heavy atom.